The summed E-state index contributed by atoms with van der Waals surface area (Å²) < 4.78 is 0. The van der Waals surface area contributed by atoms with Crippen molar-refractivity contribution >= 4 is 11.6 Å². The number of carbonyl (C=O) groups excluding carboxylic acids is 1. The Morgan fingerprint density at radius 1 is 1.44 bits per heavy atom. The van der Waals surface area contributed by atoms with Crippen LogP contribution in [0, 0.1) is 5.41 Å². The van der Waals surface area contributed by atoms with E-state index in [-0.39, 0.29) is 17.9 Å². The second-order valence-corrected chi connectivity index (χ2v) is 5.39. The van der Waals surface area contributed by atoms with Gasteiger partial charge in [0, 0.05) is 29.8 Å². The van der Waals surface area contributed by atoms with Crippen LogP contribution in [0.5, 0.6) is 0 Å². The highest BCUT2D eigenvalue weighted by molar-refractivity contribution is 5.95. The van der Waals surface area contributed by atoms with Crippen molar-refractivity contribution in [1.29, 1.82) is 0 Å². The molecule has 3 N–H and O–H groups in total. The van der Waals surface area contributed by atoms with E-state index in [9.17, 15) is 9.90 Å². The van der Waals surface area contributed by atoms with Crippen LogP contribution in [0.4, 0.5) is 5.69 Å². The topological polar surface area (TPSA) is 61.4 Å². The van der Waals surface area contributed by atoms with Crippen molar-refractivity contribution in [1.82, 2.24) is 5.32 Å². The lowest BCUT2D eigenvalue weighted by Gasteiger charge is -2.13. The molecule has 1 aromatic rings. The molecule has 3 rings (SSSR count). The number of fused-ring (bicyclic) bond motifs is 1. The SMILES string of the molecule is O=C(NCC1(CO)CC1)c1ccc2c(c1)NCC2. The smallest absolute Gasteiger partial charge is 0.251 e. The van der Waals surface area contributed by atoms with Gasteiger partial charge in [0.15, 0.2) is 0 Å². The van der Waals surface area contributed by atoms with Crippen LogP contribution in [0.25, 0.3) is 0 Å². The number of anilines is 1. The molecule has 1 aliphatic carbocycles. The monoisotopic (exact) mass is 246 g/mol. The van der Waals surface area contributed by atoms with Crippen molar-refractivity contribution in [2.45, 2.75) is 19.3 Å². The molecule has 0 spiro atoms. The maximum Gasteiger partial charge on any atom is 0.251 e. The molecule has 0 bridgehead atoms. The molecule has 96 valence electrons. The van der Waals surface area contributed by atoms with Crippen LogP contribution in [-0.2, 0) is 6.42 Å². The molecule has 4 nitrogen and oxygen atoms in total. The van der Waals surface area contributed by atoms with Crippen LogP contribution < -0.4 is 10.6 Å². The summed E-state index contributed by atoms with van der Waals surface area (Å²) in [5.41, 5.74) is 3.01. The molecule has 2 aliphatic rings. The summed E-state index contributed by atoms with van der Waals surface area (Å²) in [7, 11) is 0. The zero-order valence-electron chi connectivity index (χ0n) is 10.3. The van der Waals surface area contributed by atoms with Gasteiger partial charge in [-0.3, -0.25) is 4.79 Å². The standard InChI is InChI=1S/C14H18N2O2/c17-9-14(4-5-14)8-16-13(18)11-2-1-10-3-6-15-12(10)7-11/h1-2,7,15,17H,3-6,8-9H2,(H,16,18). The summed E-state index contributed by atoms with van der Waals surface area (Å²) in [5.74, 6) is -0.0498. The molecular weight excluding hydrogens is 228 g/mol. The normalized spacial score (nSPS) is 18.9. The largest absolute Gasteiger partial charge is 0.396 e. The highest BCUT2D eigenvalue weighted by Gasteiger charge is 2.42. The van der Waals surface area contributed by atoms with Gasteiger partial charge in [-0.25, -0.2) is 0 Å². The minimum Gasteiger partial charge on any atom is -0.396 e. The first kappa shape index (κ1) is 11.5. The molecule has 4 heteroatoms. The Morgan fingerprint density at radius 2 is 2.28 bits per heavy atom. The number of rotatable bonds is 4. The van der Waals surface area contributed by atoms with Gasteiger partial charge < -0.3 is 15.7 Å². The Morgan fingerprint density at radius 3 is 3.00 bits per heavy atom. The number of aliphatic hydroxyl groups excluding tert-OH is 1. The van der Waals surface area contributed by atoms with Crippen molar-refractivity contribution in [2.75, 3.05) is 25.0 Å². The molecule has 1 amide bonds. The summed E-state index contributed by atoms with van der Waals surface area (Å²) in [6.07, 6.45) is 3.05. The van der Waals surface area contributed by atoms with E-state index in [0.29, 0.717) is 12.1 Å². The molecule has 0 aromatic heterocycles. The van der Waals surface area contributed by atoms with Gasteiger partial charge in [0.25, 0.3) is 5.91 Å². The van der Waals surface area contributed by atoms with E-state index in [1.54, 1.807) is 0 Å². The Balaban J connectivity index is 1.65. The Bertz CT molecular complexity index is 481. The lowest BCUT2D eigenvalue weighted by Crippen LogP contribution is -2.31. The van der Waals surface area contributed by atoms with Crippen LogP contribution in [-0.4, -0.2) is 30.7 Å². The molecule has 1 heterocycles. The minimum atomic E-state index is -0.0498. The molecule has 1 saturated carbocycles. The minimum absolute atomic E-state index is 0.0371. The number of aliphatic hydroxyl groups is 1. The fourth-order valence-corrected chi connectivity index (χ4v) is 2.37. The van der Waals surface area contributed by atoms with Crippen molar-refractivity contribution in [3.05, 3.63) is 29.3 Å². The summed E-state index contributed by atoms with van der Waals surface area (Å²) in [5, 5.41) is 15.4. The summed E-state index contributed by atoms with van der Waals surface area (Å²) in [6, 6.07) is 5.80. The van der Waals surface area contributed by atoms with Crippen molar-refractivity contribution in [3.63, 3.8) is 0 Å². The van der Waals surface area contributed by atoms with E-state index < -0.39 is 0 Å². The molecule has 18 heavy (non-hydrogen) atoms. The predicted molar refractivity (Wildman–Crippen MR) is 69.7 cm³/mol. The van der Waals surface area contributed by atoms with Gasteiger partial charge in [0.2, 0.25) is 0 Å². The fourth-order valence-electron chi connectivity index (χ4n) is 2.37. The maximum absolute atomic E-state index is 12.0. The first-order valence-corrected chi connectivity index (χ1v) is 6.48. The quantitative estimate of drug-likeness (QED) is 0.747. The number of hydrogen-bond acceptors (Lipinski definition) is 3. The second kappa shape index (κ2) is 4.28. The van der Waals surface area contributed by atoms with Gasteiger partial charge >= 0.3 is 0 Å². The molecule has 0 saturated heterocycles. The predicted octanol–water partition coefficient (Wildman–Crippen LogP) is 1.16. The van der Waals surface area contributed by atoms with Crippen LogP contribution >= 0.6 is 0 Å². The molecule has 0 radical (unpaired) electrons. The second-order valence-electron chi connectivity index (χ2n) is 5.39. The maximum atomic E-state index is 12.0. The number of amides is 1. The third kappa shape index (κ3) is 2.08. The third-order valence-electron chi connectivity index (χ3n) is 4.00. The van der Waals surface area contributed by atoms with Gasteiger partial charge in [0.05, 0.1) is 6.61 Å². The number of benzene rings is 1. The summed E-state index contributed by atoms with van der Waals surface area (Å²) in [6.45, 7) is 1.69. The lowest BCUT2D eigenvalue weighted by atomic mass is 10.1. The molecule has 0 unspecified atom stereocenters. The number of nitrogens with one attached hydrogen (secondary N) is 2. The highest BCUT2D eigenvalue weighted by atomic mass is 16.3. The zero-order valence-corrected chi connectivity index (χ0v) is 10.3. The molecule has 1 aliphatic heterocycles. The Hall–Kier alpha value is -1.55. The van der Waals surface area contributed by atoms with Crippen molar-refractivity contribution < 1.29 is 9.90 Å². The number of hydrogen-bond donors (Lipinski definition) is 3. The Kier molecular flexibility index (Phi) is 2.74. The highest BCUT2D eigenvalue weighted by Crippen LogP contribution is 2.44. The van der Waals surface area contributed by atoms with Crippen molar-refractivity contribution in [3.8, 4) is 0 Å². The molecule has 1 fully saturated rings. The van der Waals surface area contributed by atoms with Crippen LogP contribution in [0.15, 0.2) is 18.2 Å². The van der Waals surface area contributed by atoms with E-state index in [1.165, 1.54) is 5.56 Å². The molecule has 0 atom stereocenters. The first-order valence-electron chi connectivity index (χ1n) is 6.48. The average molecular weight is 246 g/mol. The van der Waals surface area contributed by atoms with E-state index in [2.05, 4.69) is 10.6 Å². The van der Waals surface area contributed by atoms with Crippen LogP contribution in [0.3, 0.4) is 0 Å². The lowest BCUT2D eigenvalue weighted by molar-refractivity contribution is 0.0935. The third-order valence-corrected chi connectivity index (χ3v) is 4.00. The average Bonchev–Trinajstić information content (AvgIpc) is 3.04. The van der Waals surface area contributed by atoms with E-state index in [1.807, 2.05) is 18.2 Å². The summed E-state index contributed by atoms with van der Waals surface area (Å²) >= 11 is 0. The first-order chi connectivity index (χ1) is 8.72. The van der Waals surface area contributed by atoms with Crippen LogP contribution in [0.1, 0.15) is 28.8 Å². The molecule has 1 aromatic carbocycles. The van der Waals surface area contributed by atoms with E-state index in [0.717, 1.165) is 31.5 Å². The van der Waals surface area contributed by atoms with Gasteiger partial charge in [0.1, 0.15) is 0 Å². The molecular formula is C14H18N2O2. The summed E-state index contributed by atoms with van der Waals surface area (Å²) in [4.78, 5) is 12.0. The van der Waals surface area contributed by atoms with Crippen molar-refractivity contribution in [2.24, 2.45) is 5.41 Å². The Labute approximate surface area is 106 Å². The van der Waals surface area contributed by atoms with Gasteiger partial charge in [-0.2, -0.15) is 0 Å². The van der Waals surface area contributed by atoms with Gasteiger partial charge in [-0.05, 0) is 37.0 Å². The zero-order chi connectivity index (χ0) is 12.6. The van der Waals surface area contributed by atoms with Crippen LogP contribution in [0.2, 0.25) is 0 Å². The fraction of sp³-hybridized carbons (Fsp3) is 0.500. The van der Waals surface area contributed by atoms with E-state index >= 15 is 0 Å². The van der Waals surface area contributed by atoms with Gasteiger partial charge in [-0.1, -0.05) is 6.07 Å². The number of carbonyl (C=O) groups is 1. The van der Waals surface area contributed by atoms with Gasteiger partial charge in [-0.15, -0.1) is 0 Å². The van der Waals surface area contributed by atoms with E-state index in [4.69, 9.17) is 0 Å².